The van der Waals surface area contributed by atoms with Crippen molar-refractivity contribution in [2.75, 3.05) is 0 Å². The van der Waals surface area contributed by atoms with Gasteiger partial charge in [-0.05, 0) is 48.5 Å². The minimum atomic E-state index is 0.0657. The van der Waals surface area contributed by atoms with E-state index in [1.54, 1.807) is 0 Å². The van der Waals surface area contributed by atoms with Crippen LogP contribution >= 0.6 is 0 Å². The molecule has 2 heterocycles. The molecule has 0 atom stereocenters. The summed E-state index contributed by atoms with van der Waals surface area (Å²) in [6.45, 7) is 8.48. The molecule has 1 amide bonds. The fraction of sp³-hybridized carbons (Fsp3) is 0.471. The molecule has 0 radical (unpaired) electrons. The molecular weight excluding hydrogens is 248 g/mol. The van der Waals surface area contributed by atoms with Crippen LogP contribution in [-0.4, -0.2) is 10.9 Å². The number of hydrogen-bond acceptors (Lipinski definition) is 1. The summed E-state index contributed by atoms with van der Waals surface area (Å²) in [7, 11) is 0. The normalized spacial score (nSPS) is 17.2. The zero-order chi connectivity index (χ0) is 14.7. The predicted molar refractivity (Wildman–Crippen MR) is 83.3 cm³/mol. The van der Waals surface area contributed by atoms with Crippen LogP contribution < -0.4 is 5.32 Å². The molecule has 0 saturated heterocycles. The van der Waals surface area contributed by atoms with E-state index in [0.29, 0.717) is 0 Å². The van der Waals surface area contributed by atoms with E-state index in [1.165, 1.54) is 11.1 Å². The van der Waals surface area contributed by atoms with Crippen LogP contribution in [0.25, 0.3) is 6.08 Å². The van der Waals surface area contributed by atoms with Crippen LogP contribution in [0.4, 0.5) is 0 Å². The monoisotopic (exact) mass is 272 g/mol. The average molecular weight is 272 g/mol. The second-order valence-electron chi connectivity index (χ2n) is 5.09. The summed E-state index contributed by atoms with van der Waals surface area (Å²) in [5.41, 5.74) is 6.90. The van der Waals surface area contributed by atoms with Crippen LogP contribution in [0.5, 0.6) is 0 Å². The van der Waals surface area contributed by atoms with Crippen molar-refractivity contribution in [2.24, 2.45) is 0 Å². The standard InChI is InChI=1S/C17H24N2O/c1-5-11-10-18-15(12(11)6-2)9-16-13(7-3)14(8-4)17(20)19-16/h9-10,18H,5-8H2,1-4H3,(H,19,20)/b16-9+. The van der Waals surface area contributed by atoms with Gasteiger partial charge in [-0.25, -0.2) is 0 Å². The van der Waals surface area contributed by atoms with Crippen LogP contribution in [0.2, 0.25) is 0 Å². The molecule has 0 aliphatic carbocycles. The predicted octanol–water partition coefficient (Wildman–Crippen LogP) is 3.73. The van der Waals surface area contributed by atoms with Gasteiger partial charge in [0, 0.05) is 23.2 Å². The van der Waals surface area contributed by atoms with E-state index in [1.807, 2.05) is 6.92 Å². The summed E-state index contributed by atoms with van der Waals surface area (Å²) in [5, 5.41) is 3.01. The zero-order valence-corrected chi connectivity index (χ0v) is 12.9. The summed E-state index contributed by atoms with van der Waals surface area (Å²) in [6, 6.07) is 0. The molecule has 1 aromatic rings. The van der Waals surface area contributed by atoms with Crippen LogP contribution in [0.1, 0.15) is 57.4 Å². The lowest BCUT2D eigenvalue weighted by atomic mass is 10.0. The van der Waals surface area contributed by atoms with E-state index in [4.69, 9.17) is 0 Å². The molecule has 1 aromatic heterocycles. The highest BCUT2D eigenvalue weighted by Crippen LogP contribution is 2.28. The summed E-state index contributed by atoms with van der Waals surface area (Å²) >= 11 is 0. The molecule has 0 spiro atoms. The number of aromatic amines is 1. The minimum Gasteiger partial charge on any atom is -0.361 e. The van der Waals surface area contributed by atoms with Crippen LogP contribution in [0.3, 0.4) is 0 Å². The first-order chi connectivity index (χ1) is 9.65. The van der Waals surface area contributed by atoms with E-state index in [-0.39, 0.29) is 5.91 Å². The SMILES string of the molecule is CCC1=C(CC)/C(=C\c2[nH]cc(CC)c2CC)NC1=O. The first kappa shape index (κ1) is 14.6. The van der Waals surface area contributed by atoms with Gasteiger partial charge in [-0.3, -0.25) is 4.79 Å². The van der Waals surface area contributed by atoms with Gasteiger partial charge < -0.3 is 10.3 Å². The lowest BCUT2D eigenvalue weighted by molar-refractivity contribution is -0.116. The van der Waals surface area contributed by atoms with E-state index in [0.717, 1.165) is 48.2 Å². The maximum Gasteiger partial charge on any atom is 0.251 e. The van der Waals surface area contributed by atoms with Gasteiger partial charge in [-0.1, -0.05) is 27.7 Å². The number of amides is 1. The number of aromatic nitrogens is 1. The first-order valence-corrected chi connectivity index (χ1v) is 7.60. The molecule has 3 heteroatoms. The third-order valence-electron chi connectivity index (χ3n) is 4.06. The Labute approximate surface area is 121 Å². The Balaban J connectivity index is 2.44. The number of carbonyl (C=O) groups excluding carboxylic acids is 1. The first-order valence-electron chi connectivity index (χ1n) is 7.60. The van der Waals surface area contributed by atoms with E-state index >= 15 is 0 Å². The van der Waals surface area contributed by atoms with Gasteiger partial charge in [-0.15, -0.1) is 0 Å². The number of carbonyl (C=O) groups is 1. The Morgan fingerprint density at radius 3 is 2.25 bits per heavy atom. The van der Waals surface area contributed by atoms with Gasteiger partial charge in [0.25, 0.3) is 5.91 Å². The maximum atomic E-state index is 12.0. The summed E-state index contributed by atoms with van der Waals surface area (Å²) in [4.78, 5) is 15.3. The molecular formula is C17H24N2O. The summed E-state index contributed by atoms with van der Waals surface area (Å²) in [6.07, 6.45) is 7.89. The lowest BCUT2D eigenvalue weighted by Gasteiger charge is -2.05. The molecule has 2 N–H and O–H groups in total. The van der Waals surface area contributed by atoms with Gasteiger partial charge in [0.15, 0.2) is 0 Å². The van der Waals surface area contributed by atoms with Crippen molar-refractivity contribution in [1.82, 2.24) is 10.3 Å². The van der Waals surface area contributed by atoms with Crippen LogP contribution in [-0.2, 0) is 17.6 Å². The van der Waals surface area contributed by atoms with Crippen molar-refractivity contribution < 1.29 is 4.79 Å². The highest BCUT2D eigenvalue weighted by atomic mass is 16.1. The highest BCUT2D eigenvalue weighted by Gasteiger charge is 2.24. The molecule has 20 heavy (non-hydrogen) atoms. The Kier molecular flexibility index (Phi) is 4.48. The quantitative estimate of drug-likeness (QED) is 0.843. The number of H-pyrrole nitrogens is 1. The molecule has 3 nitrogen and oxygen atoms in total. The molecule has 0 fully saturated rings. The fourth-order valence-corrected chi connectivity index (χ4v) is 2.99. The number of aryl methyl sites for hydroxylation is 1. The second kappa shape index (κ2) is 6.12. The molecule has 0 unspecified atom stereocenters. The van der Waals surface area contributed by atoms with Crippen molar-refractivity contribution in [3.05, 3.63) is 39.9 Å². The third-order valence-corrected chi connectivity index (χ3v) is 4.06. The highest BCUT2D eigenvalue weighted by molar-refractivity contribution is 6.01. The van der Waals surface area contributed by atoms with E-state index < -0.39 is 0 Å². The number of hydrogen-bond donors (Lipinski definition) is 2. The van der Waals surface area contributed by atoms with Gasteiger partial charge in [0.2, 0.25) is 0 Å². The molecule has 108 valence electrons. The molecule has 1 aliphatic rings. The van der Waals surface area contributed by atoms with Crippen LogP contribution in [0, 0.1) is 0 Å². The second-order valence-corrected chi connectivity index (χ2v) is 5.09. The van der Waals surface area contributed by atoms with Crippen molar-refractivity contribution in [1.29, 1.82) is 0 Å². The molecule has 1 aliphatic heterocycles. The Morgan fingerprint density at radius 1 is 1.00 bits per heavy atom. The van der Waals surface area contributed by atoms with Gasteiger partial charge in [-0.2, -0.15) is 0 Å². The summed E-state index contributed by atoms with van der Waals surface area (Å²) < 4.78 is 0. The smallest absolute Gasteiger partial charge is 0.251 e. The fourth-order valence-electron chi connectivity index (χ4n) is 2.99. The molecule has 0 aromatic carbocycles. The van der Waals surface area contributed by atoms with Gasteiger partial charge in [0.1, 0.15) is 0 Å². The van der Waals surface area contributed by atoms with Crippen molar-refractivity contribution in [3.8, 4) is 0 Å². The third kappa shape index (κ3) is 2.45. The topological polar surface area (TPSA) is 44.9 Å². The van der Waals surface area contributed by atoms with Crippen molar-refractivity contribution in [2.45, 2.75) is 53.4 Å². The van der Waals surface area contributed by atoms with Gasteiger partial charge in [0.05, 0.1) is 0 Å². The van der Waals surface area contributed by atoms with Crippen molar-refractivity contribution in [3.63, 3.8) is 0 Å². The Morgan fingerprint density at radius 2 is 1.70 bits per heavy atom. The van der Waals surface area contributed by atoms with E-state index in [2.05, 4.69) is 43.3 Å². The Bertz CT molecular complexity index is 576. The van der Waals surface area contributed by atoms with Gasteiger partial charge >= 0.3 is 0 Å². The van der Waals surface area contributed by atoms with Crippen LogP contribution in [0.15, 0.2) is 23.0 Å². The van der Waals surface area contributed by atoms with Crippen molar-refractivity contribution >= 4 is 12.0 Å². The minimum absolute atomic E-state index is 0.0657. The number of nitrogens with one attached hydrogen (secondary N) is 2. The summed E-state index contributed by atoms with van der Waals surface area (Å²) in [5.74, 6) is 0.0657. The molecule has 0 bridgehead atoms. The maximum absolute atomic E-state index is 12.0. The van der Waals surface area contributed by atoms with E-state index in [9.17, 15) is 4.79 Å². The molecule has 2 rings (SSSR count). The zero-order valence-electron chi connectivity index (χ0n) is 12.9. The largest absolute Gasteiger partial charge is 0.361 e. The molecule has 0 saturated carbocycles. The average Bonchev–Trinajstić information content (AvgIpc) is 2.98. The number of allylic oxidation sites excluding steroid dienone is 1. The number of rotatable bonds is 5. The Hall–Kier alpha value is -1.77. The lowest BCUT2D eigenvalue weighted by Crippen LogP contribution is -2.16.